The lowest BCUT2D eigenvalue weighted by Gasteiger charge is -2.26. The Kier molecular flexibility index (Phi) is 7.01. The number of hydrogen-bond donors (Lipinski definition) is 0. The van der Waals surface area contributed by atoms with Crippen LogP contribution in [0.25, 0.3) is 0 Å². The Balaban J connectivity index is 1.88. The topological polar surface area (TPSA) is 41.9 Å². The predicted molar refractivity (Wildman–Crippen MR) is 148 cm³/mol. The summed E-state index contributed by atoms with van der Waals surface area (Å²) in [6.45, 7) is 3.96. The van der Waals surface area contributed by atoms with E-state index in [1.807, 2.05) is 25.1 Å². The van der Waals surface area contributed by atoms with E-state index in [4.69, 9.17) is 9.48 Å². The molecule has 1 aromatic heterocycles. The normalized spacial score (nSPS) is 13.8. The predicted octanol–water partition coefficient (Wildman–Crippen LogP) is 5.72. The number of likely N-dealkylation sites (N-methyl/N-ethyl adjacent to an activating group) is 1. The van der Waals surface area contributed by atoms with Gasteiger partial charge in [-0.25, -0.2) is 9.54 Å². The van der Waals surface area contributed by atoms with E-state index in [1.165, 1.54) is 4.88 Å². The lowest BCUT2D eigenvalue weighted by molar-refractivity contribution is 0.0526. The first-order valence-electron chi connectivity index (χ1n) is 11.9. The molecule has 178 valence electrons. The minimum absolute atomic E-state index is 0.263. The number of esters is 1. The molecule has 1 aliphatic heterocycles. The second-order valence-corrected chi connectivity index (χ2v) is 12.7. The van der Waals surface area contributed by atoms with Crippen LogP contribution in [-0.4, -0.2) is 31.1 Å². The standard InChI is InChI=1S/C29H29N2O2PS/c1-3-33-29(32)27-25-19-20-31(2)21-26(25)35-28(27)30-34(22-13-7-4-8-14-22,23-15-9-5-10-16-23)24-17-11-6-12-18-24/h4-18H,3,19-21H2,1-2H3. The van der Waals surface area contributed by atoms with Crippen LogP contribution in [0.1, 0.15) is 27.7 Å². The van der Waals surface area contributed by atoms with Gasteiger partial charge in [0.25, 0.3) is 0 Å². The second kappa shape index (κ2) is 10.3. The Hall–Kier alpha value is -2.98. The van der Waals surface area contributed by atoms with Crippen molar-refractivity contribution in [1.82, 2.24) is 4.90 Å². The Morgan fingerprint density at radius 2 is 1.43 bits per heavy atom. The SMILES string of the molecule is CCOC(=O)c1c(N=P(c2ccccc2)(c2ccccc2)c2ccccc2)sc2c1CCN(C)C2. The van der Waals surface area contributed by atoms with Gasteiger partial charge < -0.3 is 9.64 Å². The lowest BCUT2D eigenvalue weighted by Crippen LogP contribution is -2.26. The average molecular weight is 501 g/mol. The molecule has 0 atom stereocenters. The molecule has 0 saturated carbocycles. The molecule has 0 fully saturated rings. The van der Waals surface area contributed by atoms with Crippen molar-refractivity contribution in [3.63, 3.8) is 0 Å². The summed E-state index contributed by atoms with van der Waals surface area (Å²) in [5.41, 5.74) is 1.77. The molecule has 0 spiro atoms. The molecule has 3 aromatic carbocycles. The summed E-state index contributed by atoms with van der Waals surface area (Å²) in [7, 11) is -0.345. The molecular weight excluding hydrogens is 471 g/mol. The maximum atomic E-state index is 13.3. The van der Waals surface area contributed by atoms with Gasteiger partial charge in [0, 0.05) is 33.9 Å². The summed E-state index contributed by atoms with van der Waals surface area (Å²) in [6.07, 6.45) is 0.833. The molecule has 2 heterocycles. The zero-order chi connectivity index (χ0) is 24.3. The van der Waals surface area contributed by atoms with Crippen LogP contribution in [0.2, 0.25) is 0 Å². The van der Waals surface area contributed by atoms with Crippen LogP contribution in [-0.2, 0) is 17.7 Å². The van der Waals surface area contributed by atoms with E-state index in [9.17, 15) is 4.79 Å². The van der Waals surface area contributed by atoms with Gasteiger partial charge in [0.1, 0.15) is 5.00 Å². The molecule has 0 N–H and O–H groups in total. The van der Waals surface area contributed by atoms with Crippen molar-refractivity contribution < 1.29 is 9.53 Å². The van der Waals surface area contributed by atoms with Crippen molar-refractivity contribution in [3.8, 4) is 0 Å². The summed E-state index contributed by atoms with van der Waals surface area (Å²) in [6, 6.07) is 31.6. The molecule has 0 bridgehead atoms. The number of thiophene rings is 1. The van der Waals surface area contributed by atoms with E-state index in [0.29, 0.717) is 12.2 Å². The Labute approximate surface area is 211 Å². The quantitative estimate of drug-likeness (QED) is 0.251. The largest absolute Gasteiger partial charge is 0.462 e. The van der Waals surface area contributed by atoms with E-state index in [2.05, 4.69) is 84.7 Å². The highest BCUT2D eigenvalue weighted by molar-refractivity contribution is 7.87. The number of nitrogens with zero attached hydrogens (tertiary/aromatic N) is 2. The highest BCUT2D eigenvalue weighted by Gasteiger charge is 2.32. The summed E-state index contributed by atoms with van der Waals surface area (Å²) in [5, 5.41) is 4.27. The molecule has 0 amide bonds. The zero-order valence-corrected chi connectivity index (χ0v) is 21.8. The molecule has 4 aromatic rings. The summed E-state index contributed by atoms with van der Waals surface area (Å²) >= 11 is 1.65. The Bertz CT molecular complexity index is 1260. The van der Waals surface area contributed by atoms with E-state index in [-0.39, 0.29) is 5.97 Å². The van der Waals surface area contributed by atoms with E-state index in [0.717, 1.165) is 46.0 Å². The van der Waals surface area contributed by atoms with Gasteiger partial charge in [0.2, 0.25) is 0 Å². The smallest absolute Gasteiger partial charge is 0.341 e. The first-order chi connectivity index (χ1) is 17.1. The molecule has 0 saturated heterocycles. The first-order valence-corrected chi connectivity index (χ1v) is 14.5. The number of rotatable bonds is 6. The Morgan fingerprint density at radius 1 is 0.914 bits per heavy atom. The first kappa shape index (κ1) is 23.7. The van der Waals surface area contributed by atoms with Gasteiger partial charge in [0.05, 0.1) is 19.2 Å². The van der Waals surface area contributed by atoms with Gasteiger partial charge in [-0.2, -0.15) is 0 Å². The lowest BCUT2D eigenvalue weighted by atomic mass is 10.0. The molecule has 0 radical (unpaired) electrons. The average Bonchev–Trinajstić information content (AvgIpc) is 3.26. The fourth-order valence-corrected chi connectivity index (χ4v) is 9.80. The van der Waals surface area contributed by atoms with Gasteiger partial charge >= 0.3 is 5.97 Å². The minimum Gasteiger partial charge on any atom is -0.462 e. The number of hydrogen-bond acceptors (Lipinski definition) is 5. The van der Waals surface area contributed by atoms with Crippen LogP contribution in [0.15, 0.2) is 95.7 Å². The van der Waals surface area contributed by atoms with Crippen molar-refractivity contribution in [2.24, 2.45) is 4.74 Å². The van der Waals surface area contributed by atoms with Crippen LogP contribution >= 0.6 is 18.4 Å². The number of carbonyl (C=O) groups excluding carboxylic acids is 1. The molecule has 0 aliphatic carbocycles. The Morgan fingerprint density at radius 3 is 1.91 bits per heavy atom. The fraction of sp³-hybridized carbons (Fsp3) is 0.207. The van der Waals surface area contributed by atoms with Gasteiger partial charge in [-0.05, 0) is 26.0 Å². The maximum absolute atomic E-state index is 13.3. The maximum Gasteiger partial charge on any atom is 0.341 e. The molecular formula is C29H29N2O2PS. The van der Waals surface area contributed by atoms with Crippen molar-refractivity contribution in [3.05, 3.63) is 107 Å². The van der Waals surface area contributed by atoms with E-state index < -0.39 is 7.05 Å². The van der Waals surface area contributed by atoms with Crippen LogP contribution < -0.4 is 15.9 Å². The third kappa shape index (κ3) is 4.52. The number of carbonyl (C=O) groups is 1. The van der Waals surface area contributed by atoms with Crippen LogP contribution in [0.4, 0.5) is 5.00 Å². The number of benzene rings is 3. The highest BCUT2D eigenvalue weighted by Crippen LogP contribution is 2.52. The van der Waals surface area contributed by atoms with Crippen LogP contribution in [0.3, 0.4) is 0 Å². The van der Waals surface area contributed by atoms with Crippen molar-refractivity contribution >= 4 is 45.3 Å². The number of fused-ring (bicyclic) bond motifs is 1. The van der Waals surface area contributed by atoms with Crippen LogP contribution in [0.5, 0.6) is 0 Å². The van der Waals surface area contributed by atoms with Gasteiger partial charge in [-0.15, -0.1) is 11.3 Å². The van der Waals surface area contributed by atoms with Gasteiger partial charge in [0.15, 0.2) is 0 Å². The molecule has 35 heavy (non-hydrogen) atoms. The van der Waals surface area contributed by atoms with Crippen molar-refractivity contribution in [2.75, 3.05) is 20.2 Å². The highest BCUT2D eigenvalue weighted by atomic mass is 32.1. The van der Waals surface area contributed by atoms with Crippen LogP contribution in [0, 0.1) is 0 Å². The monoisotopic (exact) mass is 500 g/mol. The van der Waals surface area contributed by atoms with E-state index in [1.54, 1.807) is 11.3 Å². The van der Waals surface area contributed by atoms with Gasteiger partial charge in [-0.1, -0.05) is 91.0 Å². The molecule has 4 nitrogen and oxygen atoms in total. The third-order valence-electron chi connectivity index (χ3n) is 6.34. The number of ether oxygens (including phenoxy) is 1. The van der Waals surface area contributed by atoms with Crippen molar-refractivity contribution in [2.45, 2.75) is 19.9 Å². The molecule has 1 aliphatic rings. The molecule has 6 heteroatoms. The minimum atomic E-state index is -2.47. The summed E-state index contributed by atoms with van der Waals surface area (Å²) in [4.78, 5) is 16.8. The van der Waals surface area contributed by atoms with Gasteiger partial charge in [-0.3, -0.25) is 0 Å². The fourth-order valence-electron chi connectivity index (χ4n) is 4.69. The second-order valence-electron chi connectivity index (χ2n) is 8.63. The molecule has 0 unspecified atom stereocenters. The summed E-state index contributed by atoms with van der Waals surface area (Å²) in [5.74, 6) is -0.263. The van der Waals surface area contributed by atoms with Crippen molar-refractivity contribution in [1.29, 1.82) is 0 Å². The molecule has 5 rings (SSSR count). The zero-order valence-electron chi connectivity index (χ0n) is 20.1. The van der Waals surface area contributed by atoms with E-state index >= 15 is 0 Å². The third-order valence-corrected chi connectivity index (χ3v) is 11.2. The summed E-state index contributed by atoms with van der Waals surface area (Å²) < 4.78 is 11.2.